The minimum absolute atomic E-state index is 0.0120. The third-order valence-electron chi connectivity index (χ3n) is 3.93. The van der Waals surface area contributed by atoms with Crippen LogP contribution in [0.15, 0.2) is 18.5 Å². The Morgan fingerprint density at radius 2 is 2.15 bits per heavy atom. The topological polar surface area (TPSA) is 67.2 Å². The normalized spacial score (nSPS) is 24.6. The predicted molar refractivity (Wildman–Crippen MR) is 74.8 cm³/mol. The highest BCUT2D eigenvalue weighted by Gasteiger charge is 2.40. The molecule has 20 heavy (non-hydrogen) atoms. The molecule has 3 unspecified atom stereocenters. The van der Waals surface area contributed by atoms with Gasteiger partial charge in [0.25, 0.3) is 0 Å². The van der Waals surface area contributed by atoms with Crippen molar-refractivity contribution in [3.63, 3.8) is 0 Å². The van der Waals surface area contributed by atoms with E-state index in [1.54, 1.807) is 22.7 Å². The number of rotatable bonds is 5. The van der Waals surface area contributed by atoms with E-state index >= 15 is 0 Å². The molecule has 1 saturated heterocycles. The van der Waals surface area contributed by atoms with Crippen molar-refractivity contribution in [3.8, 4) is 0 Å². The molecular formula is C14H22N4O2. The van der Waals surface area contributed by atoms with Gasteiger partial charge in [0.2, 0.25) is 11.8 Å². The molecule has 0 aliphatic carbocycles. The second-order valence-corrected chi connectivity index (χ2v) is 5.36. The van der Waals surface area contributed by atoms with Gasteiger partial charge in [-0.25, -0.2) is 0 Å². The SMILES string of the molecule is CCC(C)C1C(=O)NC(C)C(=O)N1CCn1cccn1. The molecule has 1 aromatic rings. The average Bonchev–Trinajstić information content (AvgIpc) is 2.93. The van der Waals surface area contributed by atoms with E-state index < -0.39 is 6.04 Å². The van der Waals surface area contributed by atoms with E-state index in [9.17, 15) is 9.59 Å². The maximum absolute atomic E-state index is 12.3. The highest BCUT2D eigenvalue weighted by atomic mass is 16.2. The van der Waals surface area contributed by atoms with E-state index in [2.05, 4.69) is 10.4 Å². The van der Waals surface area contributed by atoms with Crippen LogP contribution in [0.2, 0.25) is 0 Å². The number of hydrogen-bond donors (Lipinski definition) is 1. The lowest BCUT2D eigenvalue weighted by Gasteiger charge is -2.40. The summed E-state index contributed by atoms with van der Waals surface area (Å²) < 4.78 is 1.78. The van der Waals surface area contributed by atoms with Crippen molar-refractivity contribution in [2.24, 2.45) is 5.92 Å². The van der Waals surface area contributed by atoms with Crippen LogP contribution in [0.25, 0.3) is 0 Å². The van der Waals surface area contributed by atoms with Gasteiger partial charge in [0.05, 0.1) is 6.54 Å². The summed E-state index contributed by atoms with van der Waals surface area (Å²) in [5.74, 6) is 0.0815. The number of hydrogen-bond acceptors (Lipinski definition) is 3. The Balaban J connectivity index is 2.13. The van der Waals surface area contributed by atoms with E-state index in [1.807, 2.05) is 26.1 Å². The molecule has 1 aromatic heterocycles. The highest BCUT2D eigenvalue weighted by molar-refractivity contribution is 5.96. The minimum atomic E-state index is -0.444. The summed E-state index contributed by atoms with van der Waals surface area (Å²) in [7, 11) is 0. The number of carbonyl (C=O) groups excluding carboxylic acids is 2. The Kier molecular flexibility index (Phi) is 4.42. The Bertz CT molecular complexity index is 472. The molecule has 1 aliphatic heterocycles. The molecule has 0 saturated carbocycles. The summed E-state index contributed by atoms with van der Waals surface area (Å²) in [4.78, 5) is 26.2. The van der Waals surface area contributed by atoms with Gasteiger partial charge in [0.15, 0.2) is 0 Å². The number of aromatic nitrogens is 2. The first-order chi connectivity index (χ1) is 9.54. The Morgan fingerprint density at radius 3 is 2.75 bits per heavy atom. The number of nitrogens with zero attached hydrogens (tertiary/aromatic N) is 3. The van der Waals surface area contributed by atoms with Gasteiger partial charge in [-0.3, -0.25) is 14.3 Å². The maximum atomic E-state index is 12.3. The number of piperazine rings is 1. The first-order valence-corrected chi connectivity index (χ1v) is 7.12. The fourth-order valence-corrected chi connectivity index (χ4v) is 2.57. The van der Waals surface area contributed by atoms with Crippen LogP contribution in [-0.4, -0.2) is 45.1 Å². The second kappa shape index (κ2) is 6.07. The quantitative estimate of drug-likeness (QED) is 0.859. The number of amides is 2. The summed E-state index contributed by atoms with van der Waals surface area (Å²) >= 11 is 0. The predicted octanol–water partition coefficient (Wildman–Crippen LogP) is 0.645. The first kappa shape index (κ1) is 14.6. The zero-order valence-electron chi connectivity index (χ0n) is 12.2. The minimum Gasteiger partial charge on any atom is -0.343 e. The van der Waals surface area contributed by atoms with Gasteiger partial charge in [-0.2, -0.15) is 5.10 Å². The third-order valence-corrected chi connectivity index (χ3v) is 3.93. The van der Waals surface area contributed by atoms with Gasteiger partial charge in [0, 0.05) is 18.9 Å². The molecule has 2 heterocycles. The van der Waals surface area contributed by atoms with Gasteiger partial charge >= 0.3 is 0 Å². The van der Waals surface area contributed by atoms with Crippen LogP contribution in [0.5, 0.6) is 0 Å². The summed E-state index contributed by atoms with van der Waals surface area (Å²) in [6.45, 7) is 6.88. The molecule has 1 fully saturated rings. The molecule has 0 aromatic carbocycles. The molecule has 110 valence electrons. The van der Waals surface area contributed by atoms with Crippen LogP contribution in [0.1, 0.15) is 27.2 Å². The molecule has 0 bridgehead atoms. The summed E-state index contributed by atoms with van der Waals surface area (Å²) in [5.41, 5.74) is 0. The maximum Gasteiger partial charge on any atom is 0.245 e. The van der Waals surface area contributed by atoms with E-state index in [1.165, 1.54) is 0 Å². The van der Waals surface area contributed by atoms with E-state index in [-0.39, 0.29) is 23.8 Å². The van der Waals surface area contributed by atoms with E-state index in [4.69, 9.17) is 0 Å². The third kappa shape index (κ3) is 2.84. The van der Waals surface area contributed by atoms with Gasteiger partial charge < -0.3 is 10.2 Å². The van der Waals surface area contributed by atoms with Crippen LogP contribution in [0, 0.1) is 5.92 Å². The lowest BCUT2D eigenvalue weighted by molar-refractivity contribution is -0.151. The standard InChI is InChI=1S/C14H22N4O2/c1-4-10(2)12-13(19)16-11(3)14(20)18(12)9-8-17-7-5-6-15-17/h5-7,10-12H,4,8-9H2,1-3H3,(H,16,19). The number of nitrogens with one attached hydrogen (secondary N) is 1. The zero-order valence-corrected chi connectivity index (χ0v) is 12.2. The molecule has 6 heteroatoms. The van der Waals surface area contributed by atoms with Crippen molar-refractivity contribution in [1.29, 1.82) is 0 Å². The Morgan fingerprint density at radius 1 is 1.40 bits per heavy atom. The second-order valence-electron chi connectivity index (χ2n) is 5.36. The van der Waals surface area contributed by atoms with Crippen molar-refractivity contribution in [1.82, 2.24) is 20.0 Å². The molecule has 1 N–H and O–H groups in total. The molecule has 0 radical (unpaired) electrons. The fourth-order valence-electron chi connectivity index (χ4n) is 2.57. The van der Waals surface area contributed by atoms with Crippen LogP contribution in [0.4, 0.5) is 0 Å². The Labute approximate surface area is 119 Å². The van der Waals surface area contributed by atoms with Crippen LogP contribution < -0.4 is 5.32 Å². The summed E-state index contributed by atoms with van der Waals surface area (Å²) in [6.07, 6.45) is 4.42. The Hall–Kier alpha value is -1.85. The lowest BCUT2D eigenvalue weighted by atomic mass is 9.93. The van der Waals surface area contributed by atoms with Crippen molar-refractivity contribution >= 4 is 11.8 Å². The summed E-state index contributed by atoms with van der Waals surface area (Å²) in [5, 5.41) is 6.90. The zero-order chi connectivity index (χ0) is 14.7. The van der Waals surface area contributed by atoms with Gasteiger partial charge in [0.1, 0.15) is 12.1 Å². The van der Waals surface area contributed by atoms with Crippen LogP contribution in [-0.2, 0) is 16.1 Å². The fraction of sp³-hybridized carbons (Fsp3) is 0.643. The highest BCUT2D eigenvalue weighted by Crippen LogP contribution is 2.20. The molecule has 6 nitrogen and oxygen atoms in total. The molecule has 2 amide bonds. The molecule has 0 spiro atoms. The monoisotopic (exact) mass is 278 g/mol. The van der Waals surface area contributed by atoms with Crippen LogP contribution >= 0.6 is 0 Å². The van der Waals surface area contributed by atoms with Crippen molar-refractivity contribution in [3.05, 3.63) is 18.5 Å². The molecule has 3 atom stereocenters. The number of carbonyl (C=O) groups is 2. The van der Waals surface area contributed by atoms with Crippen molar-refractivity contribution in [2.45, 2.75) is 45.8 Å². The lowest BCUT2D eigenvalue weighted by Crippen LogP contribution is -2.64. The summed E-state index contributed by atoms with van der Waals surface area (Å²) in [6, 6.07) is 1.03. The van der Waals surface area contributed by atoms with Gasteiger partial charge in [-0.05, 0) is 18.9 Å². The molecular weight excluding hydrogens is 256 g/mol. The van der Waals surface area contributed by atoms with Gasteiger partial charge in [-0.1, -0.05) is 20.3 Å². The van der Waals surface area contributed by atoms with Crippen molar-refractivity contribution in [2.75, 3.05) is 6.54 Å². The average molecular weight is 278 g/mol. The smallest absolute Gasteiger partial charge is 0.245 e. The van der Waals surface area contributed by atoms with E-state index in [0.717, 1.165) is 6.42 Å². The van der Waals surface area contributed by atoms with Gasteiger partial charge in [-0.15, -0.1) is 0 Å². The molecule has 2 rings (SSSR count). The first-order valence-electron chi connectivity index (χ1n) is 7.12. The largest absolute Gasteiger partial charge is 0.343 e. The van der Waals surface area contributed by atoms with E-state index in [0.29, 0.717) is 13.1 Å². The van der Waals surface area contributed by atoms with Crippen molar-refractivity contribution < 1.29 is 9.59 Å². The molecule has 1 aliphatic rings. The van der Waals surface area contributed by atoms with Crippen LogP contribution in [0.3, 0.4) is 0 Å².